The second kappa shape index (κ2) is 4.47. The number of hydrogen-bond acceptors (Lipinski definition) is 0. The zero-order chi connectivity index (χ0) is 4.24. The van der Waals surface area contributed by atoms with Gasteiger partial charge >= 0.3 is 64.4 Å². The van der Waals surface area contributed by atoms with Crippen molar-refractivity contribution in [3.63, 3.8) is 0 Å². The Labute approximate surface area is 63.3 Å². The predicted molar refractivity (Wildman–Crippen MR) is 33.6 cm³/mol. The predicted octanol–water partition coefficient (Wildman–Crippen LogP) is -1.44. The second-order valence-corrected chi connectivity index (χ2v) is 38.2. The Hall–Kier alpha value is 2.60. The quantitative estimate of drug-likeness (QED) is 0.431. The van der Waals surface area contributed by atoms with Crippen molar-refractivity contribution in [2.45, 2.75) is 4.22 Å². The Bertz CT molecular complexity index is 19.4. The molecule has 0 atom stereocenters. The van der Waals surface area contributed by atoms with Gasteiger partial charge in [0.1, 0.15) is 0 Å². The first kappa shape index (κ1) is 6.71. The first-order chi connectivity index (χ1) is 3.00. The molecule has 0 aliphatic carbocycles. The third-order valence-corrected chi connectivity index (χ3v) is 67.5. The van der Waals surface area contributed by atoms with Crippen LogP contribution in [0.4, 0.5) is 0 Å². The molecule has 0 aromatic carbocycles. The van der Waals surface area contributed by atoms with Crippen molar-refractivity contribution in [2.24, 2.45) is 0 Å². The van der Waals surface area contributed by atoms with Gasteiger partial charge in [-0.1, -0.05) is 0 Å². The van der Waals surface area contributed by atoms with E-state index in [1.54, 1.807) is 4.22 Å². The van der Waals surface area contributed by atoms with Crippen molar-refractivity contribution < 1.29 is 0 Å². The molecule has 0 bridgehead atoms. The fourth-order valence-electron chi connectivity index (χ4n) is 0.110. The van der Waals surface area contributed by atoms with E-state index in [4.69, 9.17) is 0 Å². The van der Waals surface area contributed by atoms with E-state index in [1.807, 2.05) is 0 Å². The molecule has 5 heteroatoms. The molecule has 1 saturated heterocycles. The topological polar surface area (TPSA) is 0 Å². The van der Waals surface area contributed by atoms with Gasteiger partial charge in [-0.15, -0.1) is 0 Å². The summed E-state index contributed by atoms with van der Waals surface area (Å²) in [6.45, 7) is 0. The Kier molecular flexibility index (Phi) is 5.01. The molecule has 1 aliphatic heterocycles. The van der Waals surface area contributed by atoms with Crippen LogP contribution in [0.15, 0.2) is 0 Å². The normalized spacial score (nSPS) is 24.0. The Morgan fingerprint density at radius 2 is 1.50 bits per heavy atom. The van der Waals surface area contributed by atoms with E-state index in [1.165, 1.54) is 60.2 Å². The van der Waals surface area contributed by atoms with Gasteiger partial charge in [-0.05, 0) is 0 Å². The van der Waals surface area contributed by atoms with Crippen LogP contribution in [0, 0.1) is 0 Å². The average molecular weight is 409 g/mol. The third kappa shape index (κ3) is 2.80. The molecule has 0 aromatic rings. The molecule has 0 N–H and O–H groups in total. The monoisotopic (exact) mass is 414 g/mol. The third-order valence-electron chi connectivity index (χ3n) is 0.248. The van der Waals surface area contributed by atoms with Gasteiger partial charge in [-0.2, -0.15) is 0 Å². The van der Waals surface area contributed by atoms with Crippen LogP contribution in [0.3, 0.4) is 0 Å². The molecular weight excluding hydrogens is 407 g/mol. The van der Waals surface area contributed by atoms with Gasteiger partial charge in [0.05, 0.1) is 0 Å². The van der Waals surface area contributed by atoms with Crippen LogP contribution >= 0.6 is 0 Å². The number of rotatable bonds is 0. The molecule has 1 rings (SSSR count). The van der Waals surface area contributed by atoms with Crippen molar-refractivity contribution in [1.82, 2.24) is 0 Å². The van der Waals surface area contributed by atoms with Crippen LogP contribution in [0.1, 0.15) is 0 Å². The number of hydrogen-bond donors (Lipinski definition) is 0. The minimum absolute atomic E-state index is 1.19. The summed E-state index contributed by atoms with van der Waals surface area (Å²) in [6.07, 6.45) is 0. The van der Waals surface area contributed by atoms with Crippen molar-refractivity contribution >= 4 is 60.2 Å². The molecule has 0 nitrogen and oxygen atoms in total. The summed E-state index contributed by atoms with van der Waals surface area (Å²) in [7, 11) is 0. The summed E-state index contributed by atoms with van der Waals surface area (Å²) in [6, 6.07) is 0. The van der Waals surface area contributed by atoms with E-state index < -0.39 is 0 Å². The summed E-state index contributed by atoms with van der Waals surface area (Å²) >= 11 is 6.05. The maximum atomic E-state index is 1.70. The van der Waals surface area contributed by atoms with E-state index in [-0.39, 0.29) is 0 Å². The maximum absolute atomic E-state index is 1.70. The van der Waals surface area contributed by atoms with Crippen molar-refractivity contribution in [3.05, 3.63) is 0 Å². The molecule has 0 spiro atoms. The van der Waals surface area contributed by atoms with Crippen LogP contribution in [0.2, 0.25) is 4.22 Å². The van der Waals surface area contributed by atoms with E-state index in [9.17, 15) is 0 Å². The summed E-state index contributed by atoms with van der Waals surface area (Å²) in [4.78, 5) is 0. The van der Waals surface area contributed by atoms with Crippen molar-refractivity contribution in [3.8, 4) is 0 Å². The van der Waals surface area contributed by atoms with Gasteiger partial charge in [-0.3, -0.25) is 0 Å². The zero-order valence-electron chi connectivity index (χ0n) is 2.75. The molecule has 1 heterocycles. The zero-order valence-corrected chi connectivity index (χ0v) is 11.3. The SMILES string of the molecule is C1[Se][Se][Se][Se][Se]1. The van der Waals surface area contributed by atoms with Crippen LogP contribution in [-0.2, 0) is 0 Å². The van der Waals surface area contributed by atoms with Crippen molar-refractivity contribution in [2.75, 3.05) is 0 Å². The van der Waals surface area contributed by atoms with Crippen LogP contribution in [-0.4, -0.2) is 60.2 Å². The molecule has 36 valence electrons. The second-order valence-electron chi connectivity index (χ2n) is 0.558. The molecule has 0 amide bonds. The van der Waals surface area contributed by atoms with Crippen LogP contribution in [0.5, 0.6) is 0 Å². The summed E-state index contributed by atoms with van der Waals surface area (Å²) in [5.74, 6) is 0. The molecule has 0 radical (unpaired) electrons. The molecular formula is CH2Se5. The standard InChI is InChI=1S/CH2Se5/c1-2-4-6-5-3-1/h1H2. The van der Waals surface area contributed by atoms with Gasteiger partial charge in [-0.25, -0.2) is 0 Å². The summed E-state index contributed by atoms with van der Waals surface area (Å²) in [5, 5.41) is 0. The first-order valence-electron chi connectivity index (χ1n) is 1.24. The molecule has 0 unspecified atom stereocenters. The molecule has 0 aromatic heterocycles. The molecule has 1 aliphatic rings. The summed E-state index contributed by atoms with van der Waals surface area (Å²) < 4.78 is 1.70. The van der Waals surface area contributed by atoms with Gasteiger partial charge in [0, 0.05) is 0 Å². The van der Waals surface area contributed by atoms with Crippen molar-refractivity contribution in [1.29, 1.82) is 0 Å². The Morgan fingerprint density at radius 3 is 1.67 bits per heavy atom. The van der Waals surface area contributed by atoms with Gasteiger partial charge in [0.2, 0.25) is 0 Å². The van der Waals surface area contributed by atoms with Crippen LogP contribution in [0.25, 0.3) is 0 Å². The molecule has 0 saturated carbocycles. The summed E-state index contributed by atoms with van der Waals surface area (Å²) in [5.41, 5.74) is 0. The van der Waals surface area contributed by atoms with E-state index in [0.29, 0.717) is 0 Å². The fourth-order valence-corrected chi connectivity index (χ4v) is 115. The van der Waals surface area contributed by atoms with E-state index in [0.717, 1.165) is 0 Å². The molecule has 1 fully saturated rings. The van der Waals surface area contributed by atoms with E-state index >= 15 is 0 Å². The van der Waals surface area contributed by atoms with E-state index in [2.05, 4.69) is 0 Å². The molecule has 6 heavy (non-hydrogen) atoms. The van der Waals surface area contributed by atoms with Crippen LogP contribution < -0.4 is 0 Å². The average Bonchev–Trinajstić information content (AvgIpc) is 1.72. The Morgan fingerprint density at radius 1 is 0.833 bits per heavy atom. The first-order valence-corrected chi connectivity index (χ1v) is 21.0. The van der Waals surface area contributed by atoms with Gasteiger partial charge in [0.25, 0.3) is 0 Å². The fraction of sp³-hybridized carbons (Fsp3) is 1.00. The van der Waals surface area contributed by atoms with Gasteiger partial charge < -0.3 is 0 Å². The minimum atomic E-state index is 1.19. The Balaban J connectivity index is 2.00. The van der Waals surface area contributed by atoms with Gasteiger partial charge in [0.15, 0.2) is 0 Å².